The van der Waals surface area contributed by atoms with Crippen molar-refractivity contribution in [3.8, 4) is 0 Å². The number of benzene rings is 1. The smallest absolute Gasteiger partial charge is 0.0406 e. The van der Waals surface area contributed by atoms with Crippen molar-refractivity contribution < 1.29 is 0 Å². The minimum Gasteiger partial charge on any atom is -0.297 e. The Balaban J connectivity index is 1.87. The topological polar surface area (TPSA) is 3.24 Å². The lowest BCUT2D eigenvalue weighted by Gasteiger charge is -2.33. The van der Waals surface area contributed by atoms with E-state index in [0.717, 1.165) is 18.1 Å². The van der Waals surface area contributed by atoms with Crippen molar-refractivity contribution >= 4 is 22.9 Å². The first-order valence-corrected chi connectivity index (χ1v) is 8.57. The van der Waals surface area contributed by atoms with Gasteiger partial charge in [-0.2, -0.15) is 0 Å². The summed E-state index contributed by atoms with van der Waals surface area (Å²) in [4.78, 5) is 4.13. The summed E-state index contributed by atoms with van der Waals surface area (Å²) >= 11 is 7.91. The predicted molar refractivity (Wildman–Crippen MR) is 87.8 cm³/mol. The van der Waals surface area contributed by atoms with Gasteiger partial charge in [-0.05, 0) is 47.7 Å². The monoisotopic (exact) mass is 305 g/mol. The second-order valence-electron chi connectivity index (χ2n) is 5.49. The number of rotatable bonds is 4. The van der Waals surface area contributed by atoms with Crippen molar-refractivity contribution in [2.45, 2.75) is 32.2 Å². The van der Waals surface area contributed by atoms with E-state index < -0.39 is 0 Å². The Morgan fingerprint density at radius 3 is 2.80 bits per heavy atom. The maximum atomic E-state index is 6.02. The quantitative estimate of drug-likeness (QED) is 0.755. The first-order valence-electron chi connectivity index (χ1n) is 7.32. The zero-order valence-electron chi connectivity index (χ0n) is 11.8. The third-order valence-corrected chi connectivity index (χ3v) is 5.24. The summed E-state index contributed by atoms with van der Waals surface area (Å²) < 4.78 is 0. The molecule has 1 aromatic carbocycles. The molecule has 3 rings (SSSR count). The molecular formula is C17H20ClNS. The Labute approximate surface area is 130 Å². The number of unbranched alkanes of at least 4 members (excludes halogenated alkanes) is 1. The lowest BCUT2D eigenvalue weighted by molar-refractivity contribution is 0.240. The Bertz CT molecular complexity index is 561. The van der Waals surface area contributed by atoms with Gasteiger partial charge in [0.25, 0.3) is 0 Å². The van der Waals surface area contributed by atoms with E-state index in [0.29, 0.717) is 5.92 Å². The molecule has 1 aromatic heterocycles. The number of nitrogens with zero attached hydrogens (tertiary/aromatic N) is 1. The van der Waals surface area contributed by atoms with E-state index in [-0.39, 0.29) is 0 Å². The zero-order chi connectivity index (χ0) is 13.9. The number of thiophene rings is 1. The van der Waals surface area contributed by atoms with Crippen molar-refractivity contribution in [1.82, 2.24) is 4.90 Å². The van der Waals surface area contributed by atoms with Crippen LogP contribution in [-0.4, -0.2) is 18.0 Å². The number of hydrogen-bond donors (Lipinski definition) is 0. The lowest BCUT2D eigenvalue weighted by atomic mass is 9.88. The van der Waals surface area contributed by atoms with Crippen LogP contribution in [0.15, 0.2) is 35.7 Å². The van der Waals surface area contributed by atoms with E-state index in [1.54, 1.807) is 0 Å². The molecule has 1 unspecified atom stereocenters. The Morgan fingerprint density at radius 1 is 1.25 bits per heavy atom. The van der Waals surface area contributed by atoms with Crippen LogP contribution in [0.3, 0.4) is 0 Å². The third-order valence-electron chi connectivity index (χ3n) is 4.06. The van der Waals surface area contributed by atoms with Crippen LogP contribution >= 0.6 is 22.9 Å². The highest BCUT2D eigenvalue weighted by atomic mass is 35.5. The molecule has 1 atom stereocenters. The van der Waals surface area contributed by atoms with Crippen LogP contribution in [0.4, 0.5) is 0 Å². The van der Waals surface area contributed by atoms with Gasteiger partial charge >= 0.3 is 0 Å². The Hall–Kier alpha value is -0.830. The van der Waals surface area contributed by atoms with Gasteiger partial charge in [0, 0.05) is 28.9 Å². The minimum atomic E-state index is 0.499. The first kappa shape index (κ1) is 14.1. The van der Waals surface area contributed by atoms with Crippen LogP contribution in [0.1, 0.15) is 41.7 Å². The first-order chi connectivity index (χ1) is 9.78. The van der Waals surface area contributed by atoms with Gasteiger partial charge in [-0.3, -0.25) is 4.90 Å². The van der Waals surface area contributed by atoms with Gasteiger partial charge in [0.05, 0.1) is 0 Å². The van der Waals surface area contributed by atoms with Crippen molar-refractivity contribution in [2.24, 2.45) is 0 Å². The fourth-order valence-corrected chi connectivity index (χ4v) is 4.05. The van der Waals surface area contributed by atoms with Crippen LogP contribution in [-0.2, 0) is 6.54 Å². The van der Waals surface area contributed by atoms with E-state index in [1.165, 1.54) is 35.4 Å². The van der Waals surface area contributed by atoms with Crippen LogP contribution < -0.4 is 0 Å². The maximum absolute atomic E-state index is 6.02. The van der Waals surface area contributed by atoms with Crippen LogP contribution in [0, 0.1) is 0 Å². The fourth-order valence-electron chi connectivity index (χ4n) is 2.95. The molecule has 0 amide bonds. The van der Waals surface area contributed by atoms with E-state index >= 15 is 0 Å². The molecule has 0 fully saturated rings. The van der Waals surface area contributed by atoms with Gasteiger partial charge in [0.1, 0.15) is 0 Å². The molecule has 106 valence electrons. The normalized spacial score (nSPS) is 19.0. The number of fused-ring (bicyclic) bond motifs is 1. The molecule has 0 saturated carbocycles. The molecule has 0 radical (unpaired) electrons. The summed E-state index contributed by atoms with van der Waals surface area (Å²) in [6.45, 7) is 5.72. The molecule has 0 N–H and O–H groups in total. The summed E-state index contributed by atoms with van der Waals surface area (Å²) in [5.74, 6) is 0.499. The van der Waals surface area contributed by atoms with Crippen molar-refractivity contribution in [3.05, 3.63) is 56.7 Å². The molecular weight excluding hydrogens is 286 g/mol. The molecule has 0 bridgehead atoms. The molecule has 3 heteroatoms. The Kier molecular flexibility index (Phi) is 4.45. The Morgan fingerprint density at radius 2 is 2.05 bits per heavy atom. The zero-order valence-corrected chi connectivity index (χ0v) is 13.4. The average molecular weight is 306 g/mol. The van der Waals surface area contributed by atoms with Crippen molar-refractivity contribution in [1.29, 1.82) is 0 Å². The summed E-state index contributed by atoms with van der Waals surface area (Å²) in [5, 5.41) is 3.05. The molecule has 2 heterocycles. The SMILES string of the molecule is CCCCN1Cc2sccc2C(c2ccc(Cl)cc2)C1. The highest BCUT2D eigenvalue weighted by Crippen LogP contribution is 2.36. The minimum absolute atomic E-state index is 0.499. The van der Waals surface area contributed by atoms with E-state index in [4.69, 9.17) is 11.6 Å². The van der Waals surface area contributed by atoms with Crippen LogP contribution in [0.25, 0.3) is 0 Å². The average Bonchev–Trinajstić information content (AvgIpc) is 2.93. The number of hydrogen-bond acceptors (Lipinski definition) is 2. The summed E-state index contributed by atoms with van der Waals surface area (Å²) in [6, 6.07) is 10.7. The highest BCUT2D eigenvalue weighted by molar-refractivity contribution is 7.10. The lowest BCUT2D eigenvalue weighted by Crippen LogP contribution is -2.33. The molecule has 0 aliphatic carbocycles. The molecule has 1 nitrogen and oxygen atoms in total. The maximum Gasteiger partial charge on any atom is 0.0406 e. The van der Waals surface area contributed by atoms with Gasteiger partial charge in [0.15, 0.2) is 0 Å². The number of halogens is 1. The molecule has 0 saturated heterocycles. The highest BCUT2D eigenvalue weighted by Gasteiger charge is 2.27. The van der Waals surface area contributed by atoms with E-state index in [9.17, 15) is 0 Å². The molecule has 0 spiro atoms. The van der Waals surface area contributed by atoms with Crippen LogP contribution in [0.5, 0.6) is 0 Å². The summed E-state index contributed by atoms with van der Waals surface area (Å²) in [7, 11) is 0. The van der Waals surface area contributed by atoms with E-state index in [1.807, 2.05) is 23.5 Å². The molecule has 1 aliphatic heterocycles. The van der Waals surface area contributed by atoms with Gasteiger partial charge in [-0.1, -0.05) is 37.1 Å². The van der Waals surface area contributed by atoms with Crippen molar-refractivity contribution in [2.75, 3.05) is 13.1 Å². The summed E-state index contributed by atoms with van der Waals surface area (Å²) in [5.41, 5.74) is 2.90. The van der Waals surface area contributed by atoms with Crippen molar-refractivity contribution in [3.63, 3.8) is 0 Å². The fraction of sp³-hybridized carbons (Fsp3) is 0.412. The van der Waals surface area contributed by atoms with Gasteiger partial charge < -0.3 is 0 Å². The standard InChI is InChI=1S/C17H20ClNS/c1-2-3-9-19-11-16(13-4-6-14(18)7-5-13)15-8-10-20-17(15)12-19/h4-8,10,16H,2-3,9,11-12H2,1H3. The van der Waals surface area contributed by atoms with Gasteiger partial charge in [-0.15, -0.1) is 11.3 Å². The predicted octanol–water partition coefficient (Wildman–Crippen LogP) is 5.15. The second-order valence-corrected chi connectivity index (χ2v) is 6.93. The van der Waals surface area contributed by atoms with Crippen LogP contribution in [0.2, 0.25) is 5.02 Å². The third kappa shape index (κ3) is 2.93. The van der Waals surface area contributed by atoms with Gasteiger partial charge in [-0.25, -0.2) is 0 Å². The molecule has 1 aliphatic rings. The summed E-state index contributed by atoms with van der Waals surface area (Å²) in [6.07, 6.45) is 2.55. The van der Waals surface area contributed by atoms with E-state index in [2.05, 4.69) is 35.4 Å². The molecule has 20 heavy (non-hydrogen) atoms. The molecule has 2 aromatic rings. The van der Waals surface area contributed by atoms with Gasteiger partial charge in [0.2, 0.25) is 0 Å². The largest absolute Gasteiger partial charge is 0.297 e. The second kappa shape index (κ2) is 6.30.